The van der Waals surface area contributed by atoms with E-state index in [1.807, 2.05) is 0 Å². The summed E-state index contributed by atoms with van der Waals surface area (Å²) in [4.78, 5) is 0. The van der Waals surface area contributed by atoms with Crippen molar-refractivity contribution in [1.82, 2.24) is 0 Å². The van der Waals surface area contributed by atoms with Crippen molar-refractivity contribution >= 4 is 151 Å². The van der Waals surface area contributed by atoms with Gasteiger partial charge in [0.05, 0.1) is 0 Å². The average Bonchev–Trinajstić information content (AvgIpc) is 2.57. The summed E-state index contributed by atoms with van der Waals surface area (Å²) in [6, 6.07) is 0. The van der Waals surface area contributed by atoms with Crippen LogP contribution in [0.4, 0.5) is 0 Å². The molecule has 0 aliphatic heterocycles. The van der Waals surface area contributed by atoms with E-state index in [2.05, 4.69) is 0 Å². The summed E-state index contributed by atoms with van der Waals surface area (Å²) >= 11 is 60.6. The molecule has 0 radical (unpaired) electrons. The van der Waals surface area contributed by atoms with E-state index < -0.39 is 0 Å². The van der Waals surface area contributed by atoms with Gasteiger partial charge in [-0.2, -0.15) is 0 Å². The molecule has 130 valence electrons. The van der Waals surface area contributed by atoms with E-state index in [0.717, 1.165) is 0 Å². The van der Waals surface area contributed by atoms with Crippen molar-refractivity contribution in [2.24, 2.45) is 0 Å². The predicted octanol–water partition coefficient (Wildman–Crippen LogP) is 7.49. The maximum absolute atomic E-state index is 6.24. The molecule has 0 atom stereocenters. The Morgan fingerprint density at radius 3 is 0.667 bits per heavy atom. The Bertz CT molecular complexity index is 708. The first kappa shape index (κ1) is 22.7. The molecule has 0 aromatic heterocycles. The van der Waals surface area contributed by atoms with Crippen LogP contribution in [0.5, 0.6) is 0 Å². The molecule has 24 heavy (non-hydrogen) atoms. The van der Waals surface area contributed by atoms with Crippen LogP contribution in [0.2, 0.25) is 50.2 Å². The molecule has 0 aliphatic rings. The molecule has 0 unspecified atom stereocenters. The second-order valence-corrected chi connectivity index (χ2v) is 13.8. The molecule has 0 aliphatic carbocycles. The first-order valence-corrected chi connectivity index (χ1v) is 15.3. The summed E-state index contributed by atoms with van der Waals surface area (Å²) in [6.07, 6.45) is 0. The number of benzene rings is 2. The van der Waals surface area contributed by atoms with E-state index in [1.54, 1.807) is 0 Å². The first-order chi connectivity index (χ1) is 11.1. The summed E-state index contributed by atoms with van der Waals surface area (Å²) in [6.45, 7) is 0. The van der Waals surface area contributed by atoms with E-state index in [1.165, 1.54) is 0 Å². The van der Waals surface area contributed by atoms with Crippen LogP contribution in [-0.2, 0) is 0 Å². The first-order valence-electron chi connectivity index (χ1n) is 5.46. The van der Waals surface area contributed by atoms with Gasteiger partial charge in [0.25, 0.3) is 0 Å². The van der Waals surface area contributed by atoms with Gasteiger partial charge in [-0.3, -0.25) is 0 Å². The zero-order valence-electron chi connectivity index (χ0n) is 10.6. The molecule has 2 aromatic rings. The molecule has 2 rings (SSSR count). The Morgan fingerprint density at radius 1 is 0.292 bits per heavy atom. The SMILES string of the molecule is Clc1c(Cl)c(Cl)c([Se][Se]c2c(Cl)c(Cl)c(Cl)c(Cl)c2Cl)c(Cl)c1Cl. The van der Waals surface area contributed by atoms with Crippen molar-refractivity contribution in [3.8, 4) is 0 Å². The van der Waals surface area contributed by atoms with Crippen LogP contribution in [0, 0.1) is 0 Å². The monoisotopic (exact) mass is 654 g/mol. The summed E-state index contributed by atoms with van der Waals surface area (Å²) in [5.74, 6) is 0. The van der Waals surface area contributed by atoms with Crippen LogP contribution in [0.15, 0.2) is 0 Å². The molecular weight excluding hydrogens is 657 g/mol. The van der Waals surface area contributed by atoms with E-state index in [-0.39, 0.29) is 76.5 Å². The number of hydrogen-bond donors (Lipinski definition) is 0. The van der Waals surface area contributed by atoms with Gasteiger partial charge in [0.15, 0.2) is 0 Å². The van der Waals surface area contributed by atoms with Gasteiger partial charge < -0.3 is 0 Å². The van der Waals surface area contributed by atoms with Crippen molar-refractivity contribution in [3.63, 3.8) is 0 Å². The van der Waals surface area contributed by atoms with E-state index in [9.17, 15) is 0 Å². The summed E-state index contributed by atoms with van der Waals surface area (Å²) in [5.41, 5.74) is 0. The third-order valence-corrected chi connectivity index (χ3v) is 15.2. The molecular formula is C12Cl10Se2. The normalized spacial score (nSPS) is 11.2. The van der Waals surface area contributed by atoms with Crippen molar-refractivity contribution in [2.75, 3.05) is 0 Å². The molecule has 0 amide bonds. The Labute approximate surface area is 199 Å². The van der Waals surface area contributed by atoms with Crippen molar-refractivity contribution in [2.45, 2.75) is 0 Å². The molecule has 0 fully saturated rings. The van der Waals surface area contributed by atoms with Gasteiger partial charge in [-0.25, -0.2) is 0 Å². The van der Waals surface area contributed by atoms with Crippen LogP contribution in [0.1, 0.15) is 0 Å². The van der Waals surface area contributed by atoms with Gasteiger partial charge in [0.2, 0.25) is 0 Å². The fourth-order valence-corrected chi connectivity index (χ4v) is 14.4. The molecule has 12 heteroatoms. The maximum atomic E-state index is 6.24. The van der Waals surface area contributed by atoms with Gasteiger partial charge >= 0.3 is 201 Å². The Kier molecular flexibility index (Phi) is 8.74. The molecule has 0 saturated heterocycles. The van der Waals surface area contributed by atoms with Crippen LogP contribution in [0.25, 0.3) is 0 Å². The summed E-state index contributed by atoms with van der Waals surface area (Å²) in [5, 5.41) is 1.77. The molecule has 0 saturated carbocycles. The molecule has 0 nitrogen and oxygen atoms in total. The Morgan fingerprint density at radius 2 is 0.458 bits per heavy atom. The van der Waals surface area contributed by atoms with Gasteiger partial charge in [-0.15, -0.1) is 0 Å². The van der Waals surface area contributed by atoms with Gasteiger partial charge in [0.1, 0.15) is 0 Å². The van der Waals surface area contributed by atoms with E-state index in [4.69, 9.17) is 116 Å². The Hall–Kier alpha value is 2.38. The summed E-state index contributed by atoms with van der Waals surface area (Å²) in [7, 11) is 0. The molecule has 0 heterocycles. The second-order valence-electron chi connectivity index (χ2n) is 3.96. The third-order valence-electron chi connectivity index (χ3n) is 2.55. The minimum atomic E-state index is -0.271. The van der Waals surface area contributed by atoms with Crippen molar-refractivity contribution in [1.29, 1.82) is 0 Å². The Balaban J connectivity index is 2.48. The third kappa shape index (κ3) is 4.34. The molecule has 0 spiro atoms. The minimum absolute atomic E-state index is 0.106. The summed E-state index contributed by atoms with van der Waals surface area (Å²) < 4.78 is 1.19. The van der Waals surface area contributed by atoms with Crippen molar-refractivity contribution in [3.05, 3.63) is 50.2 Å². The fraction of sp³-hybridized carbons (Fsp3) is 0. The van der Waals surface area contributed by atoms with Gasteiger partial charge in [0, 0.05) is 0 Å². The van der Waals surface area contributed by atoms with Crippen LogP contribution >= 0.6 is 116 Å². The van der Waals surface area contributed by atoms with Gasteiger partial charge in [-0.1, -0.05) is 0 Å². The van der Waals surface area contributed by atoms with Crippen LogP contribution in [-0.4, -0.2) is 26.3 Å². The van der Waals surface area contributed by atoms with Crippen LogP contribution < -0.4 is 8.92 Å². The number of hydrogen-bond acceptors (Lipinski definition) is 0. The molecule has 2 aromatic carbocycles. The molecule has 0 bridgehead atoms. The predicted molar refractivity (Wildman–Crippen MR) is 114 cm³/mol. The van der Waals surface area contributed by atoms with Crippen molar-refractivity contribution < 1.29 is 0 Å². The zero-order chi connectivity index (χ0) is 18.3. The number of rotatable bonds is 3. The average molecular weight is 657 g/mol. The standard InChI is InChI=1S/C12Cl10Se2/c13-1-3(15)7(19)11(8(20)4(1)16)23-24-12-9(21)5(17)2(14)6(18)10(12)22. The second kappa shape index (κ2) is 9.25. The quantitative estimate of drug-likeness (QED) is 0.183. The van der Waals surface area contributed by atoms with Crippen LogP contribution in [0.3, 0.4) is 0 Å². The fourth-order valence-electron chi connectivity index (χ4n) is 1.40. The van der Waals surface area contributed by atoms with E-state index in [0.29, 0.717) is 8.92 Å². The zero-order valence-corrected chi connectivity index (χ0v) is 21.6. The topological polar surface area (TPSA) is 0 Å². The number of halogens is 10. The van der Waals surface area contributed by atoms with Gasteiger partial charge in [-0.05, 0) is 0 Å². The molecule has 0 N–H and O–H groups in total. The van der Waals surface area contributed by atoms with E-state index >= 15 is 0 Å².